The van der Waals surface area contributed by atoms with Crippen molar-refractivity contribution in [2.24, 2.45) is 23.4 Å². The standard InChI is InChI=1S/C23H31N11O7S3/c1-23(2,3)20(38)40-10-39-19(37)14-11(9-43-22-28-31-32-33(22)4)8-42-18-13(17(36)34(14)18)26-16(35)12(29-41-7-5-6-24)15-27-21(25)44-30-15/h13,18H,5-10,24H2,1-4H3,(H,26,35)(H2,25,27,30)/t13?,18-/m1/s1. The Hall–Kier alpha value is -3.82. The summed E-state index contributed by atoms with van der Waals surface area (Å²) in [6, 6.07) is -1.02. The first kappa shape index (κ1) is 33.1. The summed E-state index contributed by atoms with van der Waals surface area (Å²) in [5.74, 6) is -2.25. The number of aryl methyl sites for hydroxylation is 1. The van der Waals surface area contributed by atoms with E-state index in [1.54, 1.807) is 27.8 Å². The molecule has 44 heavy (non-hydrogen) atoms. The van der Waals surface area contributed by atoms with Gasteiger partial charge >= 0.3 is 11.9 Å². The van der Waals surface area contributed by atoms with Gasteiger partial charge in [0.15, 0.2) is 5.13 Å². The fourth-order valence-corrected chi connectivity index (χ4v) is 6.45. The number of aromatic nitrogens is 6. The van der Waals surface area contributed by atoms with Gasteiger partial charge in [-0.1, -0.05) is 16.9 Å². The van der Waals surface area contributed by atoms with E-state index < -0.39 is 47.4 Å². The molecule has 2 aliphatic heterocycles. The predicted octanol–water partition coefficient (Wildman–Crippen LogP) is -0.750. The lowest BCUT2D eigenvalue weighted by Crippen LogP contribution is -2.71. The normalized spacial score (nSPS) is 18.4. The van der Waals surface area contributed by atoms with Gasteiger partial charge < -0.3 is 31.1 Å². The molecule has 5 N–H and O–H groups in total. The average molecular weight is 670 g/mol. The number of β-lactam (4-membered cyclic amide) rings is 1. The third kappa shape index (κ3) is 7.63. The highest BCUT2D eigenvalue weighted by Gasteiger charge is 2.55. The van der Waals surface area contributed by atoms with Crippen molar-refractivity contribution in [2.45, 2.75) is 43.8 Å². The number of nitrogens with two attached hydrogens (primary N) is 2. The average Bonchev–Trinajstić information content (AvgIpc) is 3.60. The summed E-state index contributed by atoms with van der Waals surface area (Å²) in [5, 5.41) is 17.8. The van der Waals surface area contributed by atoms with E-state index in [9.17, 15) is 19.2 Å². The van der Waals surface area contributed by atoms with Crippen LogP contribution in [0.2, 0.25) is 0 Å². The van der Waals surface area contributed by atoms with E-state index in [1.807, 2.05) is 0 Å². The second-order valence-electron chi connectivity index (χ2n) is 10.3. The molecular formula is C23H31N11O7S3. The van der Waals surface area contributed by atoms with E-state index in [4.69, 9.17) is 25.8 Å². The van der Waals surface area contributed by atoms with Crippen LogP contribution in [0.25, 0.3) is 0 Å². The molecule has 21 heteroatoms. The highest BCUT2D eigenvalue weighted by Crippen LogP contribution is 2.42. The molecule has 0 radical (unpaired) electrons. The number of nitrogens with one attached hydrogen (secondary N) is 1. The van der Waals surface area contributed by atoms with Crippen LogP contribution >= 0.6 is 35.1 Å². The number of hydrogen-bond donors (Lipinski definition) is 3. The number of rotatable bonds is 13. The van der Waals surface area contributed by atoms with Gasteiger partial charge in [-0.15, -0.1) is 16.9 Å². The minimum atomic E-state index is -1.02. The molecule has 1 unspecified atom stereocenters. The second kappa shape index (κ2) is 14.3. The Bertz CT molecular complexity index is 1470. The zero-order chi connectivity index (χ0) is 32.0. The minimum absolute atomic E-state index is 0.00775. The molecule has 0 spiro atoms. The Morgan fingerprint density at radius 1 is 1.25 bits per heavy atom. The number of thioether (sulfide) groups is 2. The third-order valence-corrected chi connectivity index (χ3v) is 8.92. The topological polar surface area (TPSA) is 245 Å². The second-order valence-corrected chi connectivity index (χ2v) is 13.1. The quantitative estimate of drug-likeness (QED) is 0.0451. The number of anilines is 1. The number of carbonyl (C=O) groups excluding carboxylic acids is 4. The summed E-state index contributed by atoms with van der Waals surface area (Å²) in [4.78, 5) is 62.6. The summed E-state index contributed by atoms with van der Waals surface area (Å²) in [7, 11) is 1.67. The largest absolute Gasteiger partial charge is 0.427 e. The maximum Gasteiger partial charge on any atom is 0.357 e. The van der Waals surface area contributed by atoms with Gasteiger partial charge in [-0.05, 0) is 49.7 Å². The van der Waals surface area contributed by atoms with Crippen molar-refractivity contribution in [3.63, 3.8) is 0 Å². The summed E-state index contributed by atoms with van der Waals surface area (Å²) >= 11 is 3.47. The third-order valence-electron chi connectivity index (χ3n) is 5.94. The summed E-state index contributed by atoms with van der Waals surface area (Å²) in [6.45, 7) is 4.85. The fraction of sp³-hybridized carbons (Fsp3) is 0.565. The number of carbonyl (C=O) groups is 4. The Balaban J connectivity index is 1.51. The molecular weight excluding hydrogens is 639 g/mol. The van der Waals surface area contributed by atoms with Gasteiger partial charge in [-0.2, -0.15) is 9.36 Å². The van der Waals surface area contributed by atoms with Gasteiger partial charge in [-0.25, -0.2) is 9.48 Å². The molecule has 2 aromatic rings. The van der Waals surface area contributed by atoms with Crippen molar-refractivity contribution >= 4 is 69.7 Å². The smallest absolute Gasteiger partial charge is 0.357 e. The Morgan fingerprint density at radius 2 is 2.02 bits per heavy atom. The first-order chi connectivity index (χ1) is 20.9. The van der Waals surface area contributed by atoms with E-state index in [0.29, 0.717) is 29.4 Å². The number of nitrogen functional groups attached to an aromatic ring is 1. The highest BCUT2D eigenvalue weighted by molar-refractivity contribution is 8.01. The van der Waals surface area contributed by atoms with Crippen LogP contribution in [-0.2, 0) is 40.5 Å². The summed E-state index contributed by atoms with van der Waals surface area (Å²) < 4.78 is 15.8. The number of oxime groups is 1. The van der Waals surface area contributed by atoms with Crippen molar-refractivity contribution in [2.75, 3.05) is 37.2 Å². The van der Waals surface area contributed by atoms with Crippen LogP contribution in [0.15, 0.2) is 21.6 Å². The summed E-state index contributed by atoms with van der Waals surface area (Å²) in [5.41, 5.74) is 10.6. The van der Waals surface area contributed by atoms with E-state index in [0.717, 1.165) is 11.5 Å². The monoisotopic (exact) mass is 669 g/mol. The van der Waals surface area contributed by atoms with Crippen molar-refractivity contribution in [1.82, 2.24) is 39.8 Å². The van der Waals surface area contributed by atoms with Gasteiger partial charge in [0, 0.05) is 30.1 Å². The molecule has 2 aliphatic rings. The molecule has 2 amide bonds. The maximum absolute atomic E-state index is 13.4. The Kier molecular flexibility index (Phi) is 10.8. The van der Waals surface area contributed by atoms with Gasteiger partial charge in [0.25, 0.3) is 11.8 Å². The molecule has 0 saturated carbocycles. The van der Waals surface area contributed by atoms with Crippen LogP contribution in [0.4, 0.5) is 5.13 Å². The Labute approximate surface area is 263 Å². The lowest BCUT2D eigenvalue weighted by atomic mass is 9.98. The van der Waals surface area contributed by atoms with Gasteiger partial charge in [0.1, 0.15) is 23.7 Å². The molecule has 0 aromatic carbocycles. The van der Waals surface area contributed by atoms with Crippen LogP contribution in [0.3, 0.4) is 0 Å². The zero-order valence-electron chi connectivity index (χ0n) is 24.2. The molecule has 4 heterocycles. The number of fused-ring (bicyclic) bond motifs is 1. The van der Waals surface area contributed by atoms with Gasteiger partial charge in [0.05, 0.1) is 5.41 Å². The molecule has 0 bridgehead atoms. The van der Waals surface area contributed by atoms with Crippen LogP contribution in [-0.4, -0.2) is 107 Å². The molecule has 1 saturated heterocycles. The SMILES string of the molecule is Cn1nnnc1SCC1=C(C(=O)OCOC(=O)C(C)(C)C)N2C(=O)C(NC(=O)C(=NOCCCN)c3nsc(N)n3)[C@H]2SC1. The fourth-order valence-electron chi connectivity index (χ4n) is 3.68. The van der Waals surface area contributed by atoms with Crippen LogP contribution in [0.1, 0.15) is 33.0 Å². The number of nitrogens with zero attached hydrogens (tertiary/aromatic N) is 8. The molecule has 2 atom stereocenters. The van der Waals surface area contributed by atoms with Crippen molar-refractivity contribution in [1.29, 1.82) is 0 Å². The first-order valence-electron chi connectivity index (χ1n) is 13.1. The predicted molar refractivity (Wildman–Crippen MR) is 159 cm³/mol. The maximum atomic E-state index is 13.4. The number of hydrogen-bond acceptors (Lipinski definition) is 18. The van der Waals surface area contributed by atoms with Crippen molar-refractivity contribution in [3.8, 4) is 0 Å². The van der Waals surface area contributed by atoms with E-state index in [2.05, 4.69) is 35.4 Å². The Morgan fingerprint density at radius 3 is 2.66 bits per heavy atom. The van der Waals surface area contributed by atoms with Crippen molar-refractivity contribution in [3.05, 3.63) is 17.1 Å². The highest BCUT2D eigenvalue weighted by atomic mass is 32.2. The van der Waals surface area contributed by atoms with Gasteiger partial charge in [-0.3, -0.25) is 19.3 Å². The number of amides is 2. The van der Waals surface area contributed by atoms with E-state index in [1.165, 1.54) is 33.1 Å². The van der Waals surface area contributed by atoms with Crippen LogP contribution in [0, 0.1) is 5.41 Å². The number of ether oxygens (including phenoxy) is 2. The molecule has 4 rings (SSSR count). The minimum Gasteiger partial charge on any atom is -0.427 e. The molecule has 2 aromatic heterocycles. The number of esters is 2. The molecule has 1 fully saturated rings. The first-order valence-corrected chi connectivity index (χ1v) is 15.9. The molecule has 18 nitrogen and oxygen atoms in total. The van der Waals surface area contributed by atoms with Gasteiger partial charge in [0.2, 0.25) is 23.5 Å². The van der Waals surface area contributed by atoms with E-state index >= 15 is 0 Å². The summed E-state index contributed by atoms with van der Waals surface area (Å²) in [6.07, 6.45) is 0.494. The lowest BCUT2D eigenvalue weighted by molar-refractivity contribution is -0.173. The number of tetrazole rings is 1. The van der Waals surface area contributed by atoms with Crippen LogP contribution in [0.5, 0.6) is 0 Å². The van der Waals surface area contributed by atoms with Crippen LogP contribution < -0.4 is 16.8 Å². The van der Waals surface area contributed by atoms with Crippen molar-refractivity contribution < 1.29 is 33.5 Å². The van der Waals surface area contributed by atoms with E-state index in [-0.39, 0.29) is 34.7 Å². The zero-order valence-corrected chi connectivity index (χ0v) is 26.7. The molecule has 0 aliphatic carbocycles. The molecule has 238 valence electrons. The lowest BCUT2D eigenvalue weighted by Gasteiger charge is -2.49.